The molecule has 1 aliphatic rings. The zero-order valence-corrected chi connectivity index (χ0v) is 12.8. The molecule has 0 radical (unpaired) electrons. The summed E-state index contributed by atoms with van der Waals surface area (Å²) in [6, 6.07) is 0. The van der Waals surface area contributed by atoms with Gasteiger partial charge in [0.25, 0.3) is 0 Å². The van der Waals surface area contributed by atoms with Gasteiger partial charge in [0.05, 0.1) is 12.6 Å². The van der Waals surface area contributed by atoms with Gasteiger partial charge < -0.3 is 15.3 Å². The van der Waals surface area contributed by atoms with Crippen LogP contribution in [0.15, 0.2) is 23.2 Å². The molecule has 1 fully saturated rings. The van der Waals surface area contributed by atoms with Crippen molar-refractivity contribution in [1.82, 2.24) is 25.6 Å². The number of carbonyl (C=O) groups is 1. The normalized spacial score (nSPS) is 20.7. The van der Waals surface area contributed by atoms with Gasteiger partial charge in [-0.3, -0.25) is 9.78 Å². The van der Waals surface area contributed by atoms with Gasteiger partial charge in [-0.05, 0) is 13.3 Å². The third kappa shape index (κ3) is 3.62. The minimum Gasteiger partial charge on any atom is -0.386 e. The highest BCUT2D eigenvalue weighted by Gasteiger charge is 2.37. The van der Waals surface area contributed by atoms with Crippen molar-refractivity contribution in [3.63, 3.8) is 0 Å². The van der Waals surface area contributed by atoms with Crippen LogP contribution in [-0.2, 0) is 11.2 Å². The number of aromatic nitrogens is 4. The topological polar surface area (TPSA) is 117 Å². The molecule has 23 heavy (non-hydrogen) atoms. The van der Waals surface area contributed by atoms with Crippen LogP contribution in [0.25, 0.3) is 0 Å². The molecule has 0 saturated carbocycles. The van der Waals surface area contributed by atoms with Crippen LogP contribution in [0, 0.1) is 6.92 Å². The number of carbonyl (C=O) groups excluding carboxylic acids is 1. The zero-order valence-electron chi connectivity index (χ0n) is 12.8. The summed E-state index contributed by atoms with van der Waals surface area (Å²) in [5.41, 5.74) is 0.111. The number of β-amino-alcohol motifs (C(OH)–C–C–N with tert-alkyl or cyclic N) is 1. The Labute approximate surface area is 132 Å². The highest BCUT2D eigenvalue weighted by Crippen LogP contribution is 2.24. The molecule has 3 rings (SSSR count). The maximum absolute atomic E-state index is 11.9. The maximum Gasteiger partial charge on any atom is 0.226 e. The average molecular weight is 318 g/mol. The summed E-state index contributed by atoms with van der Waals surface area (Å²) in [6.45, 7) is 2.96. The number of hydrogen-bond donors (Lipinski definition) is 2. The van der Waals surface area contributed by atoms with Crippen LogP contribution in [0.3, 0.4) is 0 Å². The molecule has 2 aromatic rings. The van der Waals surface area contributed by atoms with Crippen LogP contribution < -0.4 is 10.2 Å². The molecule has 0 aliphatic carbocycles. The van der Waals surface area contributed by atoms with Gasteiger partial charge in [0.15, 0.2) is 0 Å². The van der Waals surface area contributed by atoms with E-state index in [9.17, 15) is 9.90 Å². The summed E-state index contributed by atoms with van der Waals surface area (Å²) in [5.74, 6) is 0.495. The molecule has 1 atom stereocenters. The second kappa shape index (κ2) is 6.29. The summed E-state index contributed by atoms with van der Waals surface area (Å²) < 4.78 is 4.56. The first-order valence-corrected chi connectivity index (χ1v) is 7.34. The molecular weight excluding hydrogens is 300 g/mol. The maximum atomic E-state index is 11.9. The standard InChI is InChI=1S/C14H18N6O3/c1-10-11(19-23-18-10)6-13(21)17-8-14(22)2-5-20(9-14)12-7-15-3-4-16-12/h3-4,7,22H,2,5-6,8-9H2,1H3,(H,17,21)/t14-/m0/s1. The van der Waals surface area contributed by atoms with Crippen molar-refractivity contribution in [3.05, 3.63) is 30.0 Å². The molecule has 0 bridgehead atoms. The molecular formula is C14H18N6O3. The monoisotopic (exact) mass is 318 g/mol. The van der Waals surface area contributed by atoms with Crippen molar-refractivity contribution in [2.24, 2.45) is 0 Å². The Morgan fingerprint density at radius 2 is 2.35 bits per heavy atom. The number of nitrogens with zero attached hydrogens (tertiary/aromatic N) is 5. The van der Waals surface area contributed by atoms with E-state index in [1.807, 2.05) is 4.90 Å². The van der Waals surface area contributed by atoms with Crippen LogP contribution in [-0.4, -0.2) is 56.5 Å². The smallest absolute Gasteiger partial charge is 0.226 e. The van der Waals surface area contributed by atoms with Crippen LogP contribution in [0.4, 0.5) is 5.82 Å². The van der Waals surface area contributed by atoms with Crippen molar-refractivity contribution in [2.45, 2.75) is 25.4 Å². The van der Waals surface area contributed by atoms with Crippen molar-refractivity contribution in [3.8, 4) is 0 Å². The van der Waals surface area contributed by atoms with Gasteiger partial charge in [0, 0.05) is 32.0 Å². The molecule has 1 saturated heterocycles. The minimum atomic E-state index is -0.982. The predicted molar refractivity (Wildman–Crippen MR) is 79.6 cm³/mol. The molecule has 122 valence electrons. The molecule has 2 aromatic heterocycles. The van der Waals surface area contributed by atoms with E-state index >= 15 is 0 Å². The average Bonchev–Trinajstić information content (AvgIpc) is 3.14. The first-order valence-electron chi connectivity index (χ1n) is 7.34. The third-order valence-corrected chi connectivity index (χ3v) is 3.89. The number of aryl methyl sites for hydroxylation is 1. The van der Waals surface area contributed by atoms with E-state index in [4.69, 9.17) is 0 Å². The fourth-order valence-corrected chi connectivity index (χ4v) is 2.54. The van der Waals surface area contributed by atoms with Gasteiger partial charge in [0.1, 0.15) is 22.8 Å². The van der Waals surface area contributed by atoms with Crippen molar-refractivity contribution in [2.75, 3.05) is 24.5 Å². The quantitative estimate of drug-likeness (QED) is 0.755. The fourth-order valence-electron chi connectivity index (χ4n) is 2.54. The number of aliphatic hydroxyl groups is 1. The van der Waals surface area contributed by atoms with Gasteiger partial charge in [-0.25, -0.2) is 9.61 Å². The second-order valence-electron chi connectivity index (χ2n) is 5.71. The van der Waals surface area contributed by atoms with Gasteiger partial charge in [-0.1, -0.05) is 10.3 Å². The lowest BCUT2D eigenvalue weighted by molar-refractivity contribution is -0.121. The van der Waals surface area contributed by atoms with Gasteiger partial charge in [0.2, 0.25) is 5.91 Å². The lowest BCUT2D eigenvalue weighted by Gasteiger charge is -2.24. The molecule has 9 heteroatoms. The largest absolute Gasteiger partial charge is 0.386 e. The first kappa shape index (κ1) is 15.3. The zero-order chi connectivity index (χ0) is 16.3. The third-order valence-electron chi connectivity index (χ3n) is 3.89. The molecule has 3 heterocycles. The highest BCUT2D eigenvalue weighted by atomic mass is 16.6. The Bertz CT molecular complexity index is 676. The summed E-state index contributed by atoms with van der Waals surface area (Å²) in [4.78, 5) is 22.1. The molecule has 9 nitrogen and oxygen atoms in total. The van der Waals surface area contributed by atoms with E-state index in [1.54, 1.807) is 25.5 Å². The van der Waals surface area contributed by atoms with Gasteiger partial charge in [-0.2, -0.15) is 0 Å². The van der Waals surface area contributed by atoms with Crippen LogP contribution >= 0.6 is 0 Å². The number of hydrogen-bond acceptors (Lipinski definition) is 8. The summed E-state index contributed by atoms with van der Waals surface area (Å²) >= 11 is 0. The number of anilines is 1. The van der Waals surface area contributed by atoms with E-state index in [2.05, 4.69) is 30.2 Å². The molecule has 1 aliphatic heterocycles. The molecule has 0 unspecified atom stereocenters. The van der Waals surface area contributed by atoms with E-state index < -0.39 is 5.60 Å². The molecule has 1 amide bonds. The van der Waals surface area contributed by atoms with E-state index in [0.29, 0.717) is 30.9 Å². The Hall–Kier alpha value is -2.55. The van der Waals surface area contributed by atoms with Gasteiger partial charge >= 0.3 is 0 Å². The number of amides is 1. The first-order chi connectivity index (χ1) is 11.1. The lowest BCUT2D eigenvalue weighted by Crippen LogP contribution is -2.45. The van der Waals surface area contributed by atoms with E-state index in [0.717, 1.165) is 5.82 Å². The van der Waals surface area contributed by atoms with Crippen molar-refractivity contribution in [1.29, 1.82) is 0 Å². The van der Waals surface area contributed by atoms with Crippen LogP contribution in [0.5, 0.6) is 0 Å². The Morgan fingerprint density at radius 1 is 1.48 bits per heavy atom. The SMILES string of the molecule is Cc1nonc1CC(=O)NC[C@@]1(O)CCN(c2cnccn2)C1. The van der Waals surface area contributed by atoms with Crippen LogP contribution in [0.1, 0.15) is 17.8 Å². The molecule has 0 aromatic carbocycles. The second-order valence-corrected chi connectivity index (χ2v) is 5.71. The number of nitrogens with one attached hydrogen (secondary N) is 1. The summed E-state index contributed by atoms with van der Waals surface area (Å²) in [6.07, 6.45) is 5.51. The van der Waals surface area contributed by atoms with Gasteiger partial charge in [-0.15, -0.1) is 0 Å². The summed E-state index contributed by atoms with van der Waals surface area (Å²) in [5, 5.41) is 20.6. The molecule has 0 spiro atoms. The van der Waals surface area contributed by atoms with Crippen molar-refractivity contribution >= 4 is 11.7 Å². The summed E-state index contributed by atoms with van der Waals surface area (Å²) in [7, 11) is 0. The van der Waals surface area contributed by atoms with Crippen molar-refractivity contribution < 1.29 is 14.5 Å². The van der Waals surface area contributed by atoms with E-state index in [-0.39, 0.29) is 18.9 Å². The predicted octanol–water partition coefficient (Wildman–Crippen LogP) is -0.532. The molecule has 2 N–H and O–H groups in total. The van der Waals surface area contributed by atoms with E-state index in [1.165, 1.54) is 0 Å². The lowest BCUT2D eigenvalue weighted by atomic mass is 10.0. The fraction of sp³-hybridized carbons (Fsp3) is 0.500. The minimum absolute atomic E-state index is 0.0826. The van der Waals surface area contributed by atoms with Crippen LogP contribution in [0.2, 0.25) is 0 Å². The highest BCUT2D eigenvalue weighted by molar-refractivity contribution is 5.78. The Morgan fingerprint density at radius 3 is 3.04 bits per heavy atom. The Balaban J connectivity index is 1.52. The number of rotatable bonds is 5. The Kier molecular flexibility index (Phi) is 4.20.